The zero-order valence-corrected chi connectivity index (χ0v) is 17.7. The zero-order chi connectivity index (χ0) is 19.8. The average molecular weight is 476 g/mol. The van der Waals surface area contributed by atoms with Crippen LogP contribution in [0.3, 0.4) is 0 Å². The van der Waals surface area contributed by atoms with Gasteiger partial charge in [0, 0.05) is 5.69 Å². The fourth-order valence-corrected chi connectivity index (χ4v) is 3.34. The number of nitriles is 1. The maximum Gasteiger partial charge on any atom is 0.266 e. The second-order valence-electron chi connectivity index (χ2n) is 5.60. The van der Waals surface area contributed by atoms with Crippen molar-refractivity contribution in [1.82, 2.24) is 0 Å². The summed E-state index contributed by atoms with van der Waals surface area (Å²) >= 11 is 2.14. The van der Waals surface area contributed by atoms with Gasteiger partial charge in [-0.25, -0.2) is 0 Å². The number of hydrogen-bond acceptors (Lipinski definition) is 4. The van der Waals surface area contributed by atoms with Gasteiger partial charge in [0.1, 0.15) is 11.6 Å². The van der Waals surface area contributed by atoms with Crippen molar-refractivity contribution in [1.29, 1.82) is 5.26 Å². The van der Waals surface area contributed by atoms with Crippen LogP contribution in [-0.2, 0) is 11.2 Å². The number of carbonyl (C=O) groups excluding carboxylic acids is 1. The lowest BCUT2D eigenvalue weighted by Crippen LogP contribution is -2.14. The third kappa shape index (κ3) is 5.23. The number of ether oxygens (including phenoxy) is 2. The topological polar surface area (TPSA) is 71.3 Å². The van der Waals surface area contributed by atoms with Crippen LogP contribution < -0.4 is 14.8 Å². The Bertz CT molecular complexity index is 901. The third-order valence-electron chi connectivity index (χ3n) is 3.86. The lowest BCUT2D eigenvalue weighted by molar-refractivity contribution is -0.112. The molecule has 2 rings (SSSR count). The second kappa shape index (κ2) is 9.97. The molecule has 0 fully saturated rings. The molecule has 1 N–H and O–H groups in total. The highest BCUT2D eigenvalue weighted by atomic mass is 127. The Labute approximate surface area is 173 Å². The Morgan fingerprint density at radius 2 is 2.04 bits per heavy atom. The summed E-state index contributed by atoms with van der Waals surface area (Å²) < 4.78 is 11.8. The number of benzene rings is 2. The van der Waals surface area contributed by atoms with E-state index >= 15 is 0 Å². The van der Waals surface area contributed by atoms with E-state index in [2.05, 4.69) is 27.9 Å². The van der Waals surface area contributed by atoms with E-state index in [0.717, 1.165) is 15.6 Å². The first kappa shape index (κ1) is 20.8. The number of nitrogens with one attached hydrogen (secondary N) is 1. The molecule has 0 unspecified atom stereocenters. The fourth-order valence-electron chi connectivity index (χ4n) is 2.56. The summed E-state index contributed by atoms with van der Waals surface area (Å²) in [5.41, 5.74) is 2.43. The molecule has 0 aliphatic heterocycles. The van der Waals surface area contributed by atoms with Crippen molar-refractivity contribution in [3.63, 3.8) is 0 Å². The molecule has 0 aliphatic rings. The quantitative estimate of drug-likeness (QED) is 0.354. The molecule has 0 aliphatic carbocycles. The third-order valence-corrected chi connectivity index (χ3v) is 4.66. The molecule has 6 heteroatoms. The Morgan fingerprint density at radius 1 is 1.30 bits per heavy atom. The number of hydrogen-bond donors (Lipinski definition) is 1. The molecular formula is C21H21IN2O3. The van der Waals surface area contributed by atoms with Crippen LogP contribution in [-0.4, -0.2) is 19.6 Å². The number of methoxy groups -OCH3 is 1. The number of halogens is 1. The number of anilines is 1. The number of para-hydroxylation sites is 1. The molecule has 0 radical (unpaired) electrons. The van der Waals surface area contributed by atoms with Gasteiger partial charge < -0.3 is 14.8 Å². The number of aryl methyl sites for hydroxylation is 1. The summed E-state index contributed by atoms with van der Waals surface area (Å²) in [7, 11) is 1.56. The highest BCUT2D eigenvalue weighted by Gasteiger charge is 2.14. The van der Waals surface area contributed by atoms with Crippen LogP contribution in [0.25, 0.3) is 6.08 Å². The van der Waals surface area contributed by atoms with E-state index in [4.69, 9.17) is 9.47 Å². The molecule has 0 atom stereocenters. The summed E-state index contributed by atoms with van der Waals surface area (Å²) in [6, 6.07) is 13.1. The van der Waals surface area contributed by atoms with E-state index in [1.807, 2.05) is 50.2 Å². The Hall–Kier alpha value is -2.53. The van der Waals surface area contributed by atoms with Gasteiger partial charge in [-0.1, -0.05) is 25.1 Å². The fraction of sp³-hybridized carbons (Fsp3) is 0.238. The minimum Gasteiger partial charge on any atom is -0.493 e. The minimum absolute atomic E-state index is 0.0166. The summed E-state index contributed by atoms with van der Waals surface area (Å²) in [4.78, 5) is 12.6. The van der Waals surface area contributed by atoms with E-state index in [9.17, 15) is 10.1 Å². The molecule has 2 aromatic rings. The van der Waals surface area contributed by atoms with E-state index in [1.54, 1.807) is 19.3 Å². The first-order valence-corrected chi connectivity index (χ1v) is 9.63. The molecule has 0 bridgehead atoms. The predicted molar refractivity (Wildman–Crippen MR) is 115 cm³/mol. The highest BCUT2D eigenvalue weighted by Crippen LogP contribution is 2.34. The van der Waals surface area contributed by atoms with Crippen molar-refractivity contribution in [2.45, 2.75) is 20.3 Å². The van der Waals surface area contributed by atoms with Crippen molar-refractivity contribution >= 4 is 40.3 Å². The van der Waals surface area contributed by atoms with Gasteiger partial charge >= 0.3 is 0 Å². The number of nitrogens with zero attached hydrogens (tertiary/aromatic N) is 1. The van der Waals surface area contributed by atoms with Crippen LogP contribution in [0.15, 0.2) is 42.0 Å². The maximum atomic E-state index is 12.6. The van der Waals surface area contributed by atoms with Gasteiger partial charge in [-0.2, -0.15) is 5.26 Å². The van der Waals surface area contributed by atoms with Gasteiger partial charge in [-0.15, -0.1) is 0 Å². The summed E-state index contributed by atoms with van der Waals surface area (Å²) in [5, 5.41) is 12.3. The summed E-state index contributed by atoms with van der Waals surface area (Å²) in [6.07, 6.45) is 2.33. The van der Waals surface area contributed by atoms with Gasteiger partial charge in [0.2, 0.25) is 0 Å². The SMILES string of the molecule is CCOc1c(I)cc(/C=C(\C#N)C(=O)Nc2ccccc2CC)cc1OC. The van der Waals surface area contributed by atoms with Crippen LogP contribution in [0.4, 0.5) is 5.69 Å². The normalized spacial score (nSPS) is 10.9. The Kier molecular flexibility index (Phi) is 7.67. The van der Waals surface area contributed by atoms with Gasteiger partial charge in [-0.3, -0.25) is 4.79 Å². The number of amides is 1. The van der Waals surface area contributed by atoms with Crippen LogP contribution in [0.1, 0.15) is 25.0 Å². The van der Waals surface area contributed by atoms with Gasteiger partial charge in [-0.05, 0) is 71.3 Å². The Morgan fingerprint density at radius 3 is 2.67 bits per heavy atom. The Balaban J connectivity index is 2.34. The summed E-state index contributed by atoms with van der Waals surface area (Å²) in [6.45, 7) is 4.43. The van der Waals surface area contributed by atoms with E-state index < -0.39 is 5.91 Å². The van der Waals surface area contributed by atoms with Crippen molar-refractivity contribution in [2.75, 3.05) is 19.0 Å². The second-order valence-corrected chi connectivity index (χ2v) is 6.76. The largest absolute Gasteiger partial charge is 0.493 e. The predicted octanol–water partition coefficient (Wildman–Crippen LogP) is 4.81. The van der Waals surface area contributed by atoms with Crippen LogP contribution >= 0.6 is 22.6 Å². The molecular weight excluding hydrogens is 455 g/mol. The monoisotopic (exact) mass is 476 g/mol. The van der Waals surface area contributed by atoms with Crippen molar-refractivity contribution < 1.29 is 14.3 Å². The average Bonchev–Trinajstić information content (AvgIpc) is 2.68. The minimum atomic E-state index is -0.443. The molecule has 140 valence electrons. The molecule has 27 heavy (non-hydrogen) atoms. The van der Waals surface area contributed by atoms with E-state index in [-0.39, 0.29) is 5.57 Å². The molecule has 0 saturated carbocycles. The lowest BCUT2D eigenvalue weighted by atomic mass is 10.1. The molecule has 0 saturated heterocycles. The standard InChI is InChI=1S/C21H21IN2O3/c1-4-15-8-6-7-9-18(15)24-21(25)16(13-23)10-14-11-17(22)20(27-5-2)19(12-14)26-3/h6-12H,4-5H2,1-3H3,(H,24,25)/b16-10+. The van der Waals surface area contributed by atoms with E-state index in [1.165, 1.54) is 0 Å². The molecule has 0 aromatic heterocycles. The molecule has 1 amide bonds. The van der Waals surface area contributed by atoms with E-state index in [0.29, 0.717) is 29.4 Å². The first-order chi connectivity index (χ1) is 13.0. The molecule has 0 heterocycles. The molecule has 0 spiro atoms. The van der Waals surface area contributed by atoms with Crippen molar-refractivity contribution in [3.05, 3.63) is 56.7 Å². The summed E-state index contributed by atoms with van der Waals surface area (Å²) in [5.74, 6) is 0.767. The van der Waals surface area contributed by atoms with Gasteiger partial charge in [0.25, 0.3) is 5.91 Å². The van der Waals surface area contributed by atoms with Crippen molar-refractivity contribution in [3.8, 4) is 17.6 Å². The molecule has 2 aromatic carbocycles. The maximum absolute atomic E-state index is 12.6. The smallest absolute Gasteiger partial charge is 0.266 e. The van der Waals surface area contributed by atoms with Crippen molar-refractivity contribution in [2.24, 2.45) is 0 Å². The first-order valence-electron chi connectivity index (χ1n) is 8.55. The lowest BCUT2D eigenvalue weighted by Gasteiger charge is -2.12. The van der Waals surface area contributed by atoms with Crippen LogP contribution in [0.5, 0.6) is 11.5 Å². The van der Waals surface area contributed by atoms with Crippen LogP contribution in [0, 0.1) is 14.9 Å². The highest BCUT2D eigenvalue weighted by molar-refractivity contribution is 14.1. The number of rotatable bonds is 7. The van der Waals surface area contributed by atoms with Gasteiger partial charge in [0.15, 0.2) is 11.5 Å². The van der Waals surface area contributed by atoms with Gasteiger partial charge in [0.05, 0.1) is 17.3 Å². The van der Waals surface area contributed by atoms with Crippen LogP contribution in [0.2, 0.25) is 0 Å². The molecule has 5 nitrogen and oxygen atoms in total. The number of carbonyl (C=O) groups is 1. The zero-order valence-electron chi connectivity index (χ0n) is 15.5.